The lowest BCUT2D eigenvalue weighted by Gasteiger charge is -2.12. The van der Waals surface area contributed by atoms with Gasteiger partial charge in [0, 0.05) is 6.54 Å². The van der Waals surface area contributed by atoms with Crippen molar-refractivity contribution in [3.05, 3.63) is 60.2 Å². The second-order valence-electron chi connectivity index (χ2n) is 5.17. The molecule has 1 amide bonds. The number of nitrogens with one attached hydrogen (secondary N) is 1. The van der Waals surface area contributed by atoms with Crippen molar-refractivity contribution < 1.29 is 9.21 Å². The lowest BCUT2D eigenvalue weighted by molar-refractivity contribution is -0.120. The van der Waals surface area contributed by atoms with Crippen LogP contribution in [0.4, 0.5) is 0 Å². The van der Waals surface area contributed by atoms with Gasteiger partial charge in [0.1, 0.15) is 5.52 Å². The molecule has 3 aromatic rings. The molecule has 0 aliphatic rings. The van der Waals surface area contributed by atoms with E-state index < -0.39 is 0 Å². The largest absolute Gasteiger partial charge is 0.431 e. The summed E-state index contributed by atoms with van der Waals surface area (Å²) < 4.78 is 5.69. The molecule has 118 valence electrons. The van der Waals surface area contributed by atoms with Crippen LogP contribution >= 0.6 is 11.8 Å². The first kappa shape index (κ1) is 15.6. The van der Waals surface area contributed by atoms with Crippen LogP contribution in [-0.4, -0.2) is 16.1 Å². The first-order chi connectivity index (χ1) is 11.3. The maximum Gasteiger partial charge on any atom is 0.257 e. The van der Waals surface area contributed by atoms with Crippen molar-refractivity contribution in [2.75, 3.05) is 0 Å². The van der Waals surface area contributed by atoms with E-state index in [1.54, 1.807) is 0 Å². The van der Waals surface area contributed by atoms with Gasteiger partial charge in [0.2, 0.25) is 5.91 Å². The highest BCUT2D eigenvalue weighted by atomic mass is 32.2. The molecule has 0 saturated carbocycles. The molecule has 1 N–H and O–H groups in total. The minimum atomic E-state index is -0.216. The number of benzene rings is 2. The van der Waals surface area contributed by atoms with Gasteiger partial charge in [0.15, 0.2) is 5.58 Å². The quantitative estimate of drug-likeness (QED) is 0.695. The number of hydrogen-bond donors (Lipinski definition) is 1. The maximum absolute atomic E-state index is 12.4. The maximum atomic E-state index is 12.4. The highest BCUT2D eigenvalue weighted by Gasteiger charge is 2.20. The second kappa shape index (κ2) is 7.33. The van der Waals surface area contributed by atoms with E-state index >= 15 is 0 Å². The second-order valence-corrected chi connectivity index (χ2v) is 6.32. The summed E-state index contributed by atoms with van der Waals surface area (Å²) in [5.74, 6) is 0.00334. The molecule has 0 spiro atoms. The third kappa shape index (κ3) is 3.93. The molecule has 4 nitrogen and oxygen atoms in total. The minimum absolute atomic E-state index is 0.00334. The Balaban J connectivity index is 1.63. The van der Waals surface area contributed by atoms with Gasteiger partial charge in [-0.25, -0.2) is 4.98 Å². The van der Waals surface area contributed by atoms with Crippen molar-refractivity contribution in [3.8, 4) is 0 Å². The summed E-state index contributed by atoms with van der Waals surface area (Å²) in [6.07, 6.45) is 0.712. The first-order valence-corrected chi connectivity index (χ1v) is 8.48. The Kier molecular flexibility index (Phi) is 4.98. The van der Waals surface area contributed by atoms with Crippen LogP contribution in [0.1, 0.15) is 18.9 Å². The lowest BCUT2D eigenvalue weighted by atomic mass is 10.2. The van der Waals surface area contributed by atoms with E-state index in [1.807, 2.05) is 61.5 Å². The number of nitrogens with zero attached hydrogens (tertiary/aromatic N) is 1. The monoisotopic (exact) mass is 326 g/mol. The van der Waals surface area contributed by atoms with Gasteiger partial charge in [0.05, 0.1) is 5.25 Å². The van der Waals surface area contributed by atoms with Crippen molar-refractivity contribution >= 4 is 28.8 Å². The van der Waals surface area contributed by atoms with Gasteiger partial charge in [-0.3, -0.25) is 4.79 Å². The van der Waals surface area contributed by atoms with Crippen LogP contribution in [-0.2, 0) is 11.3 Å². The van der Waals surface area contributed by atoms with Crippen molar-refractivity contribution in [2.45, 2.75) is 30.4 Å². The van der Waals surface area contributed by atoms with Crippen LogP contribution in [0, 0.1) is 0 Å². The number of amides is 1. The van der Waals surface area contributed by atoms with E-state index in [9.17, 15) is 4.79 Å². The molecule has 5 heteroatoms. The van der Waals surface area contributed by atoms with Crippen molar-refractivity contribution in [1.29, 1.82) is 0 Å². The molecular weight excluding hydrogens is 308 g/mol. The zero-order valence-electron chi connectivity index (χ0n) is 12.9. The number of thioether (sulfide) groups is 1. The van der Waals surface area contributed by atoms with Gasteiger partial charge in [-0.1, -0.05) is 61.2 Å². The zero-order valence-corrected chi connectivity index (χ0v) is 13.7. The number of aromatic nitrogens is 1. The van der Waals surface area contributed by atoms with E-state index in [4.69, 9.17) is 4.42 Å². The van der Waals surface area contributed by atoms with Gasteiger partial charge in [0.25, 0.3) is 5.22 Å². The fourth-order valence-electron chi connectivity index (χ4n) is 2.24. The topological polar surface area (TPSA) is 55.1 Å². The number of carbonyl (C=O) groups excluding carboxylic acids is 1. The summed E-state index contributed by atoms with van der Waals surface area (Å²) in [6, 6.07) is 17.5. The highest BCUT2D eigenvalue weighted by Crippen LogP contribution is 2.28. The molecule has 0 fully saturated rings. The van der Waals surface area contributed by atoms with Crippen LogP contribution in [0.3, 0.4) is 0 Å². The van der Waals surface area contributed by atoms with Crippen LogP contribution in [0.2, 0.25) is 0 Å². The molecular formula is C18H18N2O2S. The summed E-state index contributed by atoms with van der Waals surface area (Å²) in [4.78, 5) is 16.8. The minimum Gasteiger partial charge on any atom is -0.431 e. The van der Waals surface area contributed by atoms with Crippen molar-refractivity contribution in [2.24, 2.45) is 0 Å². The fraction of sp³-hybridized carbons (Fsp3) is 0.222. The summed E-state index contributed by atoms with van der Waals surface area (Å²) in [5.41, 5.74) is 2.65. The lowest BCUT2D eigenvalue weighted by Crippen LogP contribution is -2.31. The summed E-state index contributed by atoms with van der Waals surface area (Å²) in [5, 5.41) is 3.29. The Bertz CT molecular complexity index is 753. The molecule has 3 rings (SSSR count). The van der Waals surface area contributed by atoms with Crippen molar-refractivity contribution in [3.63, 3.8) is 0 Å². The van der Waals surface area contributed by atoms with Gasteiger partial charge in [-0.05, 0) is 24.1 Å². The van der Waals surface area contributed by atoms with E-state index in [-0.39, 0.29) is 11.2 Å². The third-order valence-electron chi connectivity index (χ3n) is 3.49. The predicted octanol–water partition coefficient (Wildman–Crippen LogP) is 4.01. The van der Waals surface area contributed by atoms with Gasteiger partial charge >= 0.3 is 0 Å². The summed E-state index contributed by atoms with van der Waals surface area (Å²) in [6.45, 7) is 2.52. The van der Waals surface area contributed by atoms with Crippen LogP contribution in [0.5, 0.6) is 0 Å². The molecule has 1 atom stereocenters. The summed E-state index contributed by atoms with van der Waals surface area (Å²) >= 11 is 1.37. The Labute approximate surface area is 139 Å². The predicted molar refractivity (Wildman–Crippen MR) is 92.2 cm³/mol. The Morgan fingerprint density at radius 3 is 2.65 bits per heavy atom. The molecule has 0 aliphatic carbocycles. The smallest absolute Gasteiger partial charge is 0.257 e. The normalized spacial score (nSPS) is 12.2. The van der Waals surface area contributed by atoms with Gasteiger partial charge in [-0.2, -0.15) is 0 Å². The third-order valence-corrected chi connectivity index (χ3v) is 4.70. The number of fused-ring (bicyclic) bond motifs is 1. The van der Waals surface area contributed by atoms with E-state index in [0.717, 1.165) is 16.7 Å². The average molecular weight is 326 g/mol. The van der Waals surface area contributed by atoms with E-state index in [1.165, 1.54) is 11.8 Å². The zero-order chi connectivity index (χ0) is 16.1. The molecule has 1 heterocycles. The Morgan fingerprint density at radius 1 is 1.17 bits per heavy atom. The number of para-hydroxylation sites is 2. The molecule has 0 aliphatic heterocycles. The number of rotatable bonds is 6. The van der Waals surface area contributed by atoms with Crippen LogP contribution in [0.15, 0.2) is 64.2 Å². The number of carbonyl (C=O) groups is 1. The van der Waals surface area contributed by atoms with Gasteiger partial charge in [-0.15, -0.1) is 0 Å². The molecule has 0 bridgehead atoms. The molecule has 0 radical (unpaired) electrons. The molecule has 1 unspecified atom stereocenters. The molecule has 2 aromatic carbocycles. The SMILES string of the molecule is CCC(Sc1nc2ccccc2o1)C(=O)NCc1ccccc1. The highest BCUT2D eigenvalue weighted by molar-refractivity contribution is 8.00. The molecule has 1 aromatic heterocycles. The van der Waals surface area contributed by atoms with Gasteiger partial charge < -0.3 is 9.73 Å². The molecule has 23 heavy (non-hydrogen) atoms. The number of hydrogen-bond acceptors (Lipinski definition) is 4. The van der Waals surface area contributed by atoms with Crippen LogP contribution in [0.25, 0.3) is 11.1 Å². The fourth-order valence-corrected chi connectivity index (χ4v) is 3.13. The molecule has 0 saturated heterocycles. The summed E-state index contributed by atoms with van der Waals surface area (Å²) in [7, 11) is 0. The van der Waals surface area contributed by atoms with E-state index in [0.29, 0.717) is 18.2 Å². The Morgan fingerprint density at radius 2 is 1.91 bits per heavy atom. The van der Waals surface area contributed by atoms with Crippen molar-refractivity contribution in [1.82, 2.24) is 10.3 Å². The number of oxazole rings is 1. The Hall–Kier alpha value is -2.27. The standard InChI is InChI=1S/C18H18N2O2S/c1-2-16(17(21)19-12-13-8-4-3-5-9-13)23-18-20-14-10-6-7-11-15(14)22-18/h3-11,16H,2,12H2,1H3,(H,19,21). The first-order valence-electron chi connectivity index (χ1n) is 7.60. The average Bonchev–Trinajstić information content (AvgIpc) is 3.01. The van der Waals surface area contributed by atoms with E-state index in [2.05, 4.69) is 10.3 Å². The van der Waals surface area contributed by atoms with Crippen LogP contribution < -0.4 is 5.32 Å².